The molecule has 2 aromatic rings. The van der Waals surface area contributed by atoms with Gasteiger partial charge in [0.2, 0.25) is 0 Å². The summed E-state index contributed by atoms with van der Waals surface area (Å²) in [6.45, 7) is 2.22. The van der Waals surface area contributed by atoms with E-state index in [9.17, 15) is 0 Å². The zero-order valence-electron chi connectivity index (χ0n) is 14.7. The van der Waals surface area contributed by atoms with Crippen molar-refractivity contribution in [2.75, 3.05) is 0 Å². The predicted molar refractivity (Wildman–Crippen MR) is 103 cm³/mol. The van der Waals surface area contributed by atoms with Crippen molar-refractivity contribution in [3.63, 3.8) is 0 Å². The van der Waals surface area contributed by atoms with Gasteiger partial charge in [-0.1, -0.05) is 54.1 Å². The van der Waals surface area contributed by atoms with Gasteiger partial charge in [0.15, 0.2) is 0 Å². The summed E-state index contributed by atoms with van der Waals surface area (Å²) in [5.41, 5.74) is 8.99. The number of hydrogen-bond acceptors (Lipinski definition) is 1. The number of nitrogens with zero attached hydrogens (tertiary/aromatic N) is 1. The second-order valence-corrected chi connectivity index (χ2v) is 7.70. The molecule has 3 unspecified atom stereocenters. The Morgan fingerprint density at radius 2 is 2.00 bits per heavy atom. The van der Waals surface area contributed by atoms with E-state index < -0.39 is 0 Å². The van der Waals surface area contributed by atoms with Gasteiger partial charge in [-0.3, -0.25) is 4.98 Å². The summed E-state index contributed by atoms with van der Waals surface area (Å²) in [6, 6.07) is 11.4. The molecule has 0 saturated heterocycles. The Morgan fingerprint density at radius 3 is 2.80 bits per heavy atom. The summed E-state index contributed by atoms with van der Waals surface area (Å²) in [7, 11) is 0. The zero-order valence-corrected chi connectivity index (χ0v) is 14.7. The topological polar surface area (TPSA) is 12.9 Å². The maximum atomic E-state index is 4.40. The van der Waals surface area contributed by atoms with Crippen molar-refractivity contribution in [2.24, 2.45) is 5.92 Å². The number of aryl methyl sites for hydroxylation is 1. The van der Waals surface area contributed by atoms with Crippen LogP contribution < -0.4 is 0 Å². The Morgan fingerprint density at radius 1 is 1.04 bits per heavy atom. The van der Waals surface area contributed by atoms with Gasteiger partial charge in [0.25, 0.3) is 0 Å². The maximum absolute atomic E-state index is 4.40. The molecule has 124 valence electrons. The first-order valence-electron chi connectivity index (χ1n) is 9.36. The van der Waals surface area contributed by atoms with Crippen LogP contribution >= 0.6 is 0 Å². The standard InChI is InChI=1S/C24H23N/c1-16-8-9-18-12-22(19-7-4-10-25-15-19)24-14-20(17-5-2-3-6-17)13-23(24)21(18)11-16/h2-5,7-11,14-15,22-24H,6,12-13H2,1H3. The molecule has 1 nitrogen and oxygen atoms in total. The fourth-order valence-electron chi connectivity index (χ4n) is 4.98. The van der Waals surface area contributed by atoms with E-state index in [4.69, 9.17) is 0 Å². The molecule has 5 rings (SSSR count). The lowest BCUT2D eigenvalue weighted by atomic mass is 9.68. The van der Waals surface area contributed by atoms with Crippen molar-refractivity contribution in [2.45, 2.75) is 38.0 Å². The molecule has 3 aliphatic carbocycles. The first-order valence-corrected chi connectivity index (χ1v) is 9.36. The van der Waals surface area contributed by atoms with E-state index in [0.29, 0.717) is 17.8 Å². The van der Waals surface area contributed by atoms with E-state index in [2.05, 4.69) is 72.7 Å². The van der Waals surface area contributed by atoms with E-state index in [1.807, 2.05) is 6.20 Å². The van der Waals surface area contributed by atoms with Crippen LogP contribution in [0.25, 0.3) is 0 Å². The summed E-state index contributed by atoms with van der Waals surface area (Å²) in [5.74, 6) is 1.75. The minimum absolute atomic E-state index is 0.543. The number of benzene rings is 1. The van der Waals surface area contributed by atoms with Crippen molar-refractivity contribution in [1.82, 2.24) is 4.98 Å². The number of rotatable bonds is 2. The van der Waals surface area contributed by atoms with Gasteiger partial charge < -0.3 is 0 Å². The van der Waals surface area contributed by atoms with Crippen molar-refractivity contribution in [3.8, 4) is 0 Å². The fraction of sp³-hybridized carbons (Fsp3) is 0.292. The lowest BCUT2D eigenvalue weighted by molar-refractivity contribution is 0.410. The molecule has 0 aliphatic heterocycles. The Hall–Kier alpha value is -2.41. The molecule has 1 heteroatoms. The van der Waals surface area contributed by atoms with Gasteiger partial charge in [-0.25, -0.2) is 0 Å². The Balaban J connectivity index is 1.60. The minimum atomic E-state index is 0.543. The van der Waals surface area contributed by atoms with Crippen LogP contribution in [0, 0.1) is 12.8 Å². The number of aromatic nitrogens is 1. The van der Waals surface area contributed by atoms with Crippen LogP contribution in [0.1, 0.15) is 46.9 Å². The minimum Gasteiger partial charge on any atom is -0.264 e. The summed E-state index contributed by atoms with van der Waals surface area (Å²) in [5, 5.41) is 0. The van der Waals surface area contributed by atoms with E-state index >= 15 is 0 Å². The van der Waals surface area contributed by atoms with Gasteiger partial charge in [0.1, 0.15) is 0 Å². The lowest BCUT2D eigenvalue weighted by Crippen LogP contribution is -2.25. The smallest absolute Gasteiger partial charge is 0.0303 e. The third-order valence-corrected chi connectivity index (χ3v) is 6.20. The average Bonchev–Trinajstić information content (AvgIpc) is 3.31. The summed E-state index contributed by atoms with van der Waals surface area (Å²) in [6.07, 6.45) is 16.7. The molecule has 0 bridgehead atoms. The van der Waals surface area contributed by atoms with Gasteiger partial charge in [-0.05, 0) is 77.8 Å². The van der Waals surface area contributed by atoms with Crippen LogP contribution in [0.3, 0.4) is 0 Å². The molecule has 0 amide bonds. The molecular formula is C24H23N. The molecule has 1 heterocycles. The molecule has 0 radical (unpaired) electrons. The van der Waals surface area contributed by atoms with Gasteiger partial charge in [0.05, 0.1) is 0 Å². The number of hydrogen-bond donors (Lipinski definition) is 0. The monoisotopic (exact) mass is 325 g/mol. The number of pyridine rings is 1. The van der Waals surface area contributed by atoms with Crippen LogP contribution in [0.2, 0.25) is 0 Å². The SMILES string of the molecule is Cc1ccc2c(c1)C1CC(C3=CC=CC3)=CC1C(c1cccnc1)C2. The molecule has 0 N–H and O–H groups in total. The molecule has 1 aromatic heterocycles. The third-order valence-electron chi connectivity index (χ3n) is 6.20. The Labute approximate surface area is 149 Å². The van der Waals surface area contributed by atoms with Crippen LogP contribution in [0.5, 0.6) is 0 Å². The van der Waals surface area contributed by atoms with Crippen molar-refractivity contribution >= 4 is 0 Å². The lowest BCUT2D eigenvalue weighted by Gasteiger charge is -2.36. The van der Waals surface area contributed by atoms with Gasteiger partial charge in [0, 0.05) is 12.4 Å². The quantitative estimate of drug-likeness (QED) is 0.695. The highest BCUT2D eigenvalue weighted by atomic mass is 14.6. The average molecular weight is 325 g/mol. The van der Waals surface area contributed by atoms with E-state index in [1.54, 1.807) is 11.1 Å². The van der Waals surface area contributed by atoms with E-state index in [1.165, 1.54) is 28.7 Å². The molecule has 25 heavy (non-hydrogen) atoms. The van der Waals surface area contributed by atoms with Gasteiger partial charge in [-0.15, -0.1) is 0 Å². The number of allylic oxidation sites excluding steroid dienone is 6. The highest BCUT2D eigenvalue weighted by Gasteiger charge is 2.40. The van der Waals surface area contributed by atoms with Crippen LogP contribution in [-0.2, 0) is 6.42 Å². The molecule has 1 aromatic carbocycles. The Bertz CT molecular complexity index is 901. The van der Waals surface area contributed by atoms with Crippen LogP contribution in [0.4, 0.5) is 0 Å². The molecule has 3 atom stereocenters. The maximum Gasteiger partial charge on any atom is 0.0303 e. The summed E-state index contributed by atoms with van der Waals surface area (Å²) in [4.78, 5) is 4.40. The Kier molecular flexibility index (Phi) is 3.48. The normalized spacial score (nSPS) is 26.8. The zero-order chi connectivity index (χ0) is 16.8. The highest BCUT2D eigenvalue weighted by Crippen LogP contribution is 2.53. The van der Waals surface area contributed by atoms with Crippen molar-refractivity contribution < 1.29 is 0 Å². The molecular weight excluding hydrogens is 302 g/mol. The van der Waals surface area contributed by atoms with Crippen molar-refractivity contribution in [3.05, 3.63) is 100 Å². The third kappa shape index (κ3) is 2.50. The molecule has 0 spiro atoms. The first-order chi connectivity index (χ1) is 12.3. The molecule has 0 saturated carbocycles. The first kappa shape index (κ1) is 14.9. The molecule has 3 aliphatic rings. The van der Waals surface area contributed by atoms with Crippen LogP contribution in [0.15, 0.2) is 78.2 Å². The largest absolute Gasteiger partial charge is 0.264 e. The van der Waals surface area contributed by atoms with Gasteiger partial charge in [-0.2, -0.15) is 0 Å². The predicted octanol–water partition coefficient (Wildman–Crippen LogP) is 5.65. The highest BCUT2D eigenvalue weighted by molar-refractivity contribution is 5.49. The van der Waals surface area contributed by atoms with Crippen molar-refractivity contribution in [1.29, 1.82) is 0 Å². The summed E-state index contributed by atoms with van der Waals surface area (Å²) >= 11 is 0. The van der Waals surface area contributed by atoms with E-state index in [-0.39, 0.29) is 0 Å². The second kappa shape index (κ2) is 5.84. The summed E-state index contributed by atoms with van der Waals surface area (Å²) < 4.78 is 0. The number of fused-ring (bicyclic) bond motifs is 3. The fourth-order valence-corrected chi connectivity index (χ4v) is 4.98. The van der Waals surface area contributed by atoms with Crippen LogP contribution in [-0.4, -0.2) is 4.98 Å². The van der Waals surface area contributed by atoms with Gasteiger partial charge >= 0.3 is 0 Å². The second-order valence-electron chi connectivity index (χ2n) is 7.70. The van der Waals surface area contributed by atoms with E-state index in [0.717, 1.165) is 12.8 Å². The molecule has 0 fully saturated rings.